The van der Waals surface area contributed by atoms with Gasteiger partial charge in [0.05, 0.1) is 16.4 Å². The van der Waals surface area contributed by atoms with Crippen LogP contribution in [0.25, 0.3) is 11.4 Å². The molecule has 2 rings (SSSR count). The largest absolute Gasteiger partial charge is 0.494 e. The van der Waals surface area contributed by atoms with Crippen molar-refractivity contribution in [3.8, 4) is 17.1 Å². The number of rotatable bonds is 4. The van der Waals surface area contributed by atoms with E-state index in [2.05, 4.69) is 39.5 Å². The van der Waals surface area contributed by atoms with Gasteiger partial charge in [-0.15, -0.1) is 0 Å². The molecule has 0 amide bonds. The van der Waals surface area contributed by atoms with Crippen LogP contribution < -0.4 is 10.5 Å². The Morgan fingerprint density at radius 1 is 1.35 bits per heavy atom. The number of nitrogen functional groups attached to an aromatic ring is 1. The van der Waals surface area contributed by atoms with Crippen molar-refractivity contribution in [1.82, 2.24) is 9.97 Å². The maximum atomic E-state index is 13.8. The number of benzene rings is 1. The summed E-state index contributed by atoms with van der Waals surface area (Å²) in [5.41, 5.74) is 7.39. The summed E-state index contributed by atoms with van der Waals surface area (Å²) in [4.78, 5) is 8.72. The number of aromatic nitrogens is 2. The number of halogens is 2. The van der Waals surface area contributed by atoms with Crippen molar-refractivity contribution >= 4 is 28.4 Å². The van der Waals surface area contributed by atoms with E-state index in [9.17, 15) is 4.39 Å². The van der Waals surface area contributed by atoms with Gasteiger partial charge in [-0.05, 0) is 47.2 Å². The van der Waals surface area contributed by atoms with Gasteiger partial charge in [-0.1, -0.05) is 13.3 Å². The van der Waals surface area contributed by atoms with Gasteiger partial charge in [-0.2, -0.15) is 0 Å². The zero-order valence-electron chi connectivity index (χ0n) is 11.3. The average molecular weight is 387 g/mol. The Hall–Kier alpha value is -1.44. The lowest BCUT2D eigenvalue weighted by Gasteiger charge is -2.09. The highest BCUT2D eigenvalue weighted by Gasteiger charge is 2.12. The summed E-state index contributed by atoms with van der Waals surface area (Å²) < 4.78 is 19.5. The highest BCUT2D eigenvalue weighted by Crippen LogP contribution is 2.26. The Bertz CT molecular complexity index is 634. The molecule has 1 aromatic carbocycles. The fraction of sp³-hybridized carbons (Fsp3) is 0.286. The first-order valence-electron chi connectivity index (χ1n) is 6.22. The van der Waals surface area contributed by atoms with Crippen LogP contribution in [0.5, 0.6) is 5.75 Å². The third-order valence-electron chi connectivity index (χ3n) is 2.84. The Kier molecular flexibility index (Phi) is 4.74. The molecule has 0 aliphatic carbocycles. The summed E-state index contributed by atoms with van der Waals surface area (Å²) in [5, 5.41) is 0. The molecule has 6 heteroatoms. The van der Waals surface area contributed by atoms with Crippen molar-refractivity contribution in [2.45, 2.75) is 19.8 Å². The van der Waals surface area contributed by atoms with Crippen LogP contribution in [0.2, 0.25) is 0 Å². The second kappa shape index (κ2) is 6.34. The predicted molar refractivity (Wildman–Crippen MR) is 85.1 cm³/mol. The van der Waals surface area contributed by atoms with Gasteiger partial charge < -0.3 is 10.5 Å². The Morgan fingerprint density at radius 3 is 2.70 bits per heavy atom. The van der Waals surface area contributed by atoms with E-state index in [1.165, 1.54) is 13.2 Å². The molecule has 2 N–H and O–H groups in total. The van der Waals surface area contributed by atoms with Crippen LogP contribution in [0.4, 0.5) is 10.2 Å². The lowest BCUT2D eigenvalue weighted by Crippen LogP contribution is -2.05. The van der Waals surface area contributed by atoms with E-state index in [1.54, 1.807) is 12.1 Å². The van der Waals surface area contributed by atoms with Gasteiger partial charge in [0, 0.05) is 5.56 Å². The lowest BCUT2D eigenvalue weighted by atomic mass is 10.1. The van der Waals surface area contributed by atoms with Crippen molar-refractivity contribution in [3.63, 3.8) is 0 Å². The van der Waals surface area contributed by atoms with E-state index < -0.39 is 5.82 Å². The van der Waals surface area contributed by atoms with Crippen molar-refractivity contribution < 1.29 is 9.13 Å². The molecule has 0 aliphatic rings. The van der Waals surface area contributed by atoms with Gasteiger partial charge in [0.25, 0.3) is 0 Å². The summed E-state index contributed by atoms with van der Waals surface area (Å²) in [7, 11) is 1.43. The maximum absolute atomic E-state index is 13.8. The molecule has 0 unspecified atom stereocenters. The molecule has 0 saturated heterocycles. The fourth-order valence-electron chi connectivity index (χ4n) is 1.85. The fourth-order valence-corrected chi connectivity index (χ4v) is 2.36. The molecule has 0 saturated carbocycles. The van der Waals surface area contributed by atoms with Crippen LogP contribution in [0.3, 0.4) is 0 Å². The van der Waals surface area contributed by atoms with Crippen LogP contribution >= 0.6 is 22.6 Å². The topological polar surface area (TPSA) is 61.0 Å². The van der Waals surface area contributed by atoms with Crippen molar-refractivity contribution in [2.75, 3.05) is 12.8 Å². The summed E-state index contributed by atoms with van der Waals surface area (Å²) in [5.74, 6) is 0.618. The molecule has 1 heterocycles. The Morgan fingerprint density at radius 2 is 2.10 bits per heavy atom. The lowest BCUT2D eigenvalue weighted by molar-refractivity contribution is 0.386. The van der Waals surface area contributed by atoms with Crippen molar-refractivity contribution in [3.05, 3.63) is 33.3 Å². The summed E-state index contributed by atoms with van der Waals surface area (Å²) in [6.45, 7) is 2.07. The molecule has 4 nitrogen and oxygen atoms in total. The molecular formula is C14H15FIN3O. The molecule has 106 valence electrons. The number of hydrogen-bond acceptors (Lipinski definition) is 4. The first kappa shape index (κ1) is 15.0. The second-order valence-corrected chi connectivity index (χ2v) is 5.37. The minimum atomic E-state index is -0.442. The zero-order chi connectivity index (χ0) is 14.7. The van der Waals surface area contributed by atoms with E-state index in [0.29, 0.717) is 17.2 Å². The van der Waals surface area contributed by atoms with Crippen LogP contribution in [0, 0.1) is 9.39 Å². The predicted octanol–water partition coefficient (Wildman–Crippen LogP) is 3.43. The summed E-state index contributed by atoms with van der Waals surface area (Å²) >= 11 is 2.14. The third-order valence-corrected chi connectivity index (χ3v) is 4.02. The van der Waals surface area contributed by atoms with Crippen LogP contribution in [-0.2, 0) is 6.42 Å². The Balaban J connectivity index is 2.49. The van der Waals surface area contributed by atoms with E-state index in [4.69, 9.17) is 10.5 Å². The molecule has 0 aliphatic heterocycles. The van der Waals surface area contributed by atoms with E-state index in [-0.39, 0.29) is 5.75 Å². The maximum Gasteiger partial charge on any atom is 0.165 e. The number of ether oxygens (including phenoxy) is 1. The normalized spacial score (nSPS) is 10.6. The van der Waals surface area contributed by atoms with Gasteiger partial charge in [0.1, 0.15) is 5.82 Å². The van der Waals surface area contributed by atoms with Gasteiger partial charge >= 0.3 is 0 Å². The summed E-state index contributed by atoms with van der Waals surface area (Å²) in [6.07, 6.45) is 1.78. The third kappa shape index (κ3) is 3.00. The van der Waals surface area contributed by atoms with Gasteiger partial charge in [-0.3, -0.25) is 0 Å². The highest BCUT2D eigenvalue weighted by atomic mass is 127. The van der Waals surface area contributed by atoms with Crippen molar-refractivity contribution in [2.24, 2.45) is 0 Å². The highest BCUT2D eigenvalue weighted by molar-refractivity contribution is 14.1. The zero-order valence-corrected chi connectivity index (χ0v) is 13.4. The first-order valence-corrected chi connectivity index (χ1v) is 7.30. The second-order valence-electron chi connectivity index (χ2n) is 4.29. The van der Waals surface area contributed by atoms with Crippen molar-refractivity contribution in [1.29, 1.82) is 0 Å². The molecule has 0 bridgehead atoms. The monoisotopic (exact) mass is 387 g/mol. The van der Waals surface area contributed by atoms with Crippen LogP contribution in [0.1, 0.15) is 19.0 Å². The van der Waals surface area contributed by atoms with E-state index >= 15 is 0 Å². The average Bonchev–Trinajstić information content (AvgIpc) is 2.43. The molecule has 20 heavy (non-hydrogen) atoms. The van der Waals surface area contributed by atoms with Crippen LogP contribution in [0.15, 0.2) is 18.2 Å². The number of nitrogens with zero attached hydrogens (tertiary/aromatic N) is 2. The summed E-state index contributed by atoms with van der Waals surface area (Å²) in [6, 6.07) is 4.64. The SMILES string of the molecule is CCCc1nc(-c2ccc(OC)c(F)c2)nc(N)c1I. The first-order chi connectivity index (χ1) is 9.56. The molecular weight excluding hydrogens is 372 g/mol. The molecule has 1 aromatic heterocycles. The Labute approximate surface area is 130 Å². The minimum absolute atomic E-state index is 0.195. The number of aryl methyl sites for hydroxylation is 1. The van der Waals surface area contributed by atoms with Crippen LogP contribution in [-0.4, -0.2) is 17.1 Å². The standard InChI is InChI=1S/C14H15FIN3O/c1-3-4-10-12(16)13(17)19-14(18-10)8-5-6-11(20-2)9(15)7-8/h5-7H,3-4H2,1-2H3,(H2,17,18,19). The molecule has 0 fully saturated rings. The quantitative estimate of drug-likeness (QED) is 0.817. The number of nitrogens with two attached hydrogens (primary N) is 1. The molecule has 2 aromatic rings. The number of anilines is 1. The van der Waals surface area contributed by atoms with Gasteiger partial charge in [-0.25, -0.2) is 14.4 Å². The van der Waals surface area contributed by atoms with E-state index in [1.807, 2.05) is 0 Å². The van der Waals surface area contributed by atoms with E-state index in [0.717, 1.165) is 22.1 Å². The van der Waals surface area contributed by atoms with Gasteiger partial charge in [0.2, 0.25) is 0 Å². The minimum Gasteiger partial charge on any atom is -0.494 e. The molecule has 0 spiro atoms. The molecule has 0 radical (unpaired) electrons. The number of hydrogen-bond donors (Lipinski definition) is 1. The van der Waals surface area contributed by atoms with Gasteiger partial charge in [0.15, 0.2) is 17.4 Å². The number of methoxy groups -OCH3 is 1. The molecule has 0 atom stereocenters. The smallest absolute Gasteiger partial charge is 0.165 e.